The van der Waals surface area contributed by atoms with Gasteiger partial charge in [0.05, 0.1) is 0 Å². The van der Waals surface area contributed by atoms with Crippen LogP contribution in [-0.4, -0.2) is 34.8 Å². The zero-order chi connectivity index (χ0) is 4.28. The smallest absolute Gasteiger partial charge is 0.316 e. The molecule has 0 atom stereocenters. The van der Waals surface area contributed by atoms with E-state index in [9.17, 15) is 0 Å². The molecule has 0 radical (unpaired) electrons. The Morgan fingerprint density at radius 2 is 1.67 bits per heavy atom. The highest BCUT2D eigenvalue weighted by atomic mass is 24.3. The average Bonchev–Trinajstić information content (AvgIpc) is 1.38. The molecule has 1 N–H and O–H groups in total. The molecule has 0 aliphatic rings. The molecule has 0 fully saturated rings. The van der Waals surface area contributed by atoms with Gasteiger partial charge in [-0.15, -0.1) is 0 Å². The third kappa shape index (κ3) is 8.83. The normalized spacial score (nSPS) is 8.00. The van der Waals surface area contributed by atoms with Crippen molar-refractivity contribution >= 4 is 23.1 Å². The summed E-state index contributed by atoms with van der Waals surface area (Å²) in [5, 5.41) is 8.14. The Balaban J connectivity index is 0. The van der Waals surface area contributed by atoms with Crippen molar-refractivity contribution in [3.63, 3.8) is 0 Å². The lowest BCUT2D eigenvalue weighted by Gasteiger charge is -1.90. The minimum atomic E-state index is 0. The van der Waals surface area contributed by atoms with E-state index in [1.807, 2.05) is 13.8 Å². The first kappa shape index (κ1) is 9.87. The van der Waals surface area contributed by atoms with Crippen LogP contribution in [-0.2, 0) is 0 Å². The SMILES string of the molecule is CC(C)CO.[MgH2]. The van der Waals surface area contributed by atoms with Crippen LogP contribution in [0.3, 0.4) is 0 Å². The van der Waals surface area contributed by atoms with Crippen molar-refractivity contribution in [1.29, 1.82) is 0 Å². The van der Waals surface area contributed by atoms with Gasteiger partial charge in [-0.1, -0.05) is 13.8 Å². The third-order valence-corrected chi connectivity index (χ3v) is 0.365. The highest BCUT2D eigenvalue weighted by Crippen LogP contribution is 1.83. The van der Waals surface area contributed by atoms with Gasteiger partial charge in [0.2, 0.25) is 0 Å². The summed E-state index contributed by atoms with van der Waals surface area (Å²) in [4.78, 5) is 0. The van der Waals surface area contributed by atoms with Crippen molar-refractivity contribution in [2.75, 3.05) is 6.61 Å². The van der Waals surface area contributed by atoms with Gasteiger partial charge in [0.1, 0.15) is 0 Å². The van der Waals surface area contributed by atoms with Crippen molar-refractivity contribution in [3.8, 4) is 0 Å². The molecule has 0 saturated carbocycles. The molecule has 0 heterocycles. The fraction of sp³-hybridized carbons (Fsp3) is 1.00. The van der Waals surface area contributed by atoms with Crippen molar-refractivity contribution in [2.24, 2.45) is 5.92 Å². The Hall–Kier alpha value is 0.726. The van der Waals surface area contributed by atoms with Crippen LogP contribution < -0.4 is 0 Å². The summed E-state index contributed by atoms with van der Waals surface area (Å²) in [7, 11) is 0. The standard InChI is InChI=1S/C4H10O.Mg.2H/c1-4(2)3-5;;;/h4-5H,3H2,1-2H3;;;. The Kier molecular flexibility index (Phi) is 9.42. The van der Waals surface area contributed by atoms with Crippen molar-refractivity contribution in [1.82, 2.24) is 0 Å². The fourth-order valence-corrected chi connectivity index (χ4v) is 0. The second-order valence-corrected chi connectivity index (χ2v) is 1.58. The summed E-state index contributed by atoms with van der Waals surface area (Å²) >= 11 is 0. The van der Waals surface area contributed by atoms with E-state index in [-0.39, 0.29) is 23.1 Å². The zero-order valence-corrected chi connectivity index (χ0v) is 3.73. The van der Waals surface area contributed by atoms with Crippen molar-refractivity contribution in [2.45, 2.75) is 13.8 Å². The van der Waals surface area contributed by atoms with E-state index in [2.05, 4.69) is 0 Å². The molecule has 0 saturated heterocycles. The molecule has 0 amide bonds. The van der Waals surface area contributed by atoms with Gasteiger partial charge in [0.25, 0.3) is 0 Å². The molecule has 0 unspecified atom stereocenters. The molecule has 0 aromatic heterocycles. The molecule has 36 valence electrons. The number of aliphatic hydroxyl groups is 1. The van der Waals surface area contributed by atoms with E-state index in [1.54, 1.807) is 0 Å². The lowest BCUT2D eigenvalue weighted by molar-refractivity contribution is 0.248. The van der Waals surface area contributed by atoms with Gasteiger partial charge in [-0.3, -0.25) is 0 Å². The second-order valence-electron chi connectivity index (χ2n) is 1.58. The summed E-state index contributed by atoms with van der Waals surface area (Å²) in [6.07, 6.45) is 0. The number of aliphatic hydroxyl groups excluding tert-OH is 1. The highest BCUT2D eigenvalue weighted by Gasteiger charge is 1.81. The quantitative estimate of drug-likeness (QED) is 0.449. The van der Waals surface area contributed by atoms with Gasteiger partial charge in [-0.05, 0) is 5.92 Å². The summed E-state index contributed by atoms with van der Waals surface area (Å²) in [5.74, 6) is 0.440. The maximum Gasteiger partial charge on any atom is 0.316 e. The molecule has 1 nitrogen and oxygen atoms in total. The first-order valence-corrected chi connectivity index (χ1v) is 1.88. The molecule has 6 heavy (non-hydrogen) atoms. The fourth-order valence-electron chi connectivity index (χ4n) is 0. The second kappa shape index (κ2) is 5.73. The summed E-state index contributed by atoms with van der Waals surface area (Å²) < 4.78 is 0. The summed E-state index contributed by atoms with van der Waals surface area (Å²) in [5.41, 5.74) is 0. The lowest BCUT2D eigenvalue weighted by atomic mass is 10.2. The predicted octanol–water partition coefficient (Wildman–Crippen LogP) is -0.282. The average molecular weight is 100 g/mol. The lowest BCUT2D eigenvalue weighted by Crippen LogP contribution is -1.90. The van der Waals surface area contributed by atoms with E-state index in [0.717, 1.165) is 0 Å². The van der Waals surface area contributed by atoms with Gasteiger partial charge >= 0.3 is 23.1 Å². The van der Waals surface area contributed by atoms with Crippen LogP contribution in [0.15, 0.2) is 0 Å². The van der Waals surface area contributed by atoms with Crippen LogP contribution >= 0.6 is 0 Å². The molecule has 0 rings (SSSR count). The van der Waals surface area contributed by atoms with E-state index in [0.29, 0.717) is 12.5 Å². The van der Waals surface area contributed by atoms with Crippen LogP contribution in [0, 0.1) is 5.92 Å². The maximum atomic E-state index is 8.14. The summed E-state index contributed by atoms with van der Waals surface area (Å²) in [6, 6.07) is 0. The molecule has 0 aromatic rings. The third-order valence-electron chi connectivity index (χ3n) is 0.365. The maximum absolute atomic E-state index is 8.14. The number of hydrogen-bond donors (Lipinski definition) is 1. The van der Waals surface area contributed by atoms with Gasteiger partial charge in [-0.25, -0.2) is 0 Å². The molecule has 0 aliphatic heterocycles. The topological polar surface area (TPSA) is 20.2 Å². The Labute approximate surface area is 54.9 Å². The first-order valence-electron chi connectivity index (χ1n) is 1.88. The van der Waals surface area contributed by atoms with E-state index in [1.165, 1.54) is 0 Å². The zero-order valence-electron chi connectivity index (χ0n) is 3.73. The molecule has 0 bridgehead atoms. The largest absolute Gasteiger partial charge is 0.396 e. The Morgan fingerprint density at radius 1 is 1.50 bits per heavy atom. The monoisotopic (exact) mass is 100 g/mol. The highest BCUT2D eigenvalue weighted by molar-refractivity contribution is 5.75. The predicted molar refractivity (Wildman–Crippen MR) is 30.5 cm³/mol. The van der Waals surface area contributed by atoms with Gasteiger partial charge in [0.15, 0.2) is 0 Å². The minimum absolute atomic E-state index is 0. The molecule has 0 aromatic carbocycles. The molecule has 0 aliphatic carbocycles. The minimum Gasteiger partial charge on any atom is -0.396 e. The molecule has 0 spiro atoms. The van der Waals surface area contributed by atoms with Crippen LogP contribution in [0.4, 0.5) is 0 Å². The number of hydrogen-bond acceptors (Lipinski definition) is 1. The molecule has 2 heteroatoms. The van der Waals surface area contributed by atoms with E-state index >= 15 is 0 Å². The van der Waals surface area contributed by atoms with E-state index < -0.39 is 0 Å². The van der Waals surface area contributed by atoms with Gasteiger partial charge in [-0.2, -0.15) is 0 Å². The van der Waals surface area contributed by atoms with Crippen LogP contribution in [0.5, 0.6) is 0 Å². The molecular weight excluding hydrogens is 88.3 g/mol. The molecular formula is C4H12MgO. The van der Waals surface area contributed by atoms with Crippen LogP contribution in [0.1, 0.15) is 13.8 Å². The van der Waals surface area contributed by atoms with Crippen molar-refractivity contribution in [3.05, 3.63) is 0 Å². The van der Waals surface area contributed by atoms with E-state index in [4.69, 9.17) is 5.11 Å². The van der Waals surface area contributed by atoms with Gasteiger partial charge in [0, 0.05) is 6.61 Å². The first-order chi connectivity index (χ1) is 2.27. The summed E-state index contributed by atoms with van der Waals surface area (Å²) in [6.45, 7) is 4.25. The Morgan fingerprint density at radius 3 is 1.67 bits per heavy atom. The number of rotatable bonds is 1. The van der Waals surface area contributed by atoms with Gasteiger partial charge < -0.3 is 5.11 Å². The Bertz CT molecular complexity index is 21.5. The van der Waals surface area contributed by atoms with Crippen molar-refractivity contribution < 1.29 is 5.11 Å². The van der Waals surface area contributed by atoms with Crippen LogP contribution in [0.2, 0.25) is 0 Å². The van der Waals surface area contributed by atoms with Crippen LogP contribution in [0.25, 0.3) is 0 Å².